The molecule has 0 heterocycles. The zero-order chi connectivity index (χ0) is 13.9. The summed E-state index contributed by atoms with van der Waals surface area (Å²) in [4.78, 5) is 0. The fraction of sp³-hybridized carbons (Fsp3) is 0.923. The van der Waals surface area contributed by atoms with Crippen LogP contribution in [0.15, 0.2) is 0 Å². The summed E-state index contributed by atoms with van der Waals surface area (Å²) in [7, 11) is -1.75. The summed E-state index contributed by atoms with van der Waals surface area (Å²) in [5, 5.41) is 11.9. The predicted molar refractivity (Wildman–Crippen MR) is 77.1 cm³/mol. The third-order valence-electron chi connectivity index (χ3n) is 3.77. The van der Waals surface area contributed by atoms with Crippen LogP contribution in [-0.2, 0) is 4.43 Å². The summed E-state index contributed by atoms with van der Waals surface area (Å²) in [5.74, 6) is 0.300. The van der Waals surface area contributed by atoms with Crippen LogP contribution >= 0.6 is 0 Å². The van der Waals surface area contributed by atoms with Gasteiger partial charge in [0, 0.05) is 12.8 Å². The Hall–Kier alpha value is -0.353. The molecule has 0 saturated carbocycles. The first-order chi connectivity index (χ1) is 7.53. The fourth-order valence-corrected chi connectivity index (χ4v) is 2.28. The first-order valence-corrected chi connectivity index (χ1v) is 9.32. The molecule has 0 amide bonds. The lowest BCUT2D eigenvalue weighted by molar-refractivity contribution is -0.509. The summed E-state index contributed by atoms with van der Waals surface area (Å²) in [6.07, 6.45) is 1.58. The van der Waals surface area contributed by atoms with E-state index in [2.05, 4.69) is 47.7 Å². The molecule has 0 aliphatic carbocycles. The Balaban J connectivity index is 4.63. The highest BCUT2D eigenvalue weighted by Crippen LogP contribution is 2.36. The van der Waals surface area contributed by atoms with E-state index in [4.69, 9.17) is 4.43 Å². The average molecular weight is 259 g/mol. The van der Waals surface area contributed by atoms with E-state index in [1.807, 2.05) is 0 Å². The van der Waals surface area contributed by atoms with E-state index in [1.54, 1.807) is 13.1 Å². The minimum atomic E-state index is -1.75. The van der Waals surface area contributed by atoms with Gasteiger partial charge in [0.15, 0.2) is 14.4 Å². The van der Waals surface area contributed by atoms with E-state index in [0.717, 1.165) is 4.74 Å². The smallest absolute Gasteiger partial charge is 0.192 e. The number of rotatable bonds is 5. The molecule has 0 aromatic heterocycles. The standard InChI is InChI=1S/C13H29NO2Si/c1-9-14(15)12(11(2)3)10-16-17(7,8)13(4,5)6/h9,11-12H,10H2,1-8H3/b14-9-. The molecule has 17 heavy (non-hydrogen) atoms. The van der Waals surface area contributed by atoms with Crippen molar-refractivity contribution in [2.75, 3.05) is 6.61 Å². The molecule has 0 bridgehead atoms. The molecule has 0 aromatic carbocycles. The highest BCUT2D eigenvalue weighted by atomic mass is 28.4. The van der Waals surface area contributed by atoms with Gasteiger partial charge in [-0.25, -0.2) is 4.74 Å². The van der Waals surface area contributed by atoms with Crippen LogP contribution in [0.25, 0.3) is 0 Å². The Morgan fingerprint density at radius 2 is 1.76 bits per heavy atom. The van der Waals surface area contributed by atoms with E-state index < -0.39 is 8.32 Å². The molecular weight excluding hydrogens is 230 g/mol. The maximum absolute atomic E-state index is 11.7. The van der Waals surface area contributed by atoms with Crippen LogP contribution in [0, 0.1) is 11.1 Å². The molecule has 1 atom stereocenters. The quantitative estimate of drug-likeness (QED) is 0.248. The van der Waals surface area contributed by atoms with Crippen molar-refractivity contribution < 1.29 is 9.16 Å². The summed E-state index contributed by atoms with van der Waals surface area (Å²) in [6.45, 7) is 17.5. The topological polar surface area (TPSA) is 35.3 Å². The van der Waals surface area contributed by atoms with Gasteiger partial charge in [-0.05, 0) is 18.1 Å². The van der Waals surface area contributed by atoms with Crippen molar-refractivity contribution in [3.63, 3.8) is 0 Å². The van der Waals surface area contributed by atoms with E-state index in [9.17, 15) is 5.21 Å². The van der Waals surface area contributed by atoms with Gasteiger partial charge in [0.2, 0.25) is 0 Å². The molecule has 4 heteroatoms. The second-order valence-electron chi connectivity index (χ2n) is 6.50. The Bertz CT molecular complexity index is 267. The fourth-order valence-electron chi connectivity index (χ4n) is 1.26. The van der Waals surface area contributed by atoms with Crippen LogP contribution < -0.4 is 0 Å². The minimum absolute atomic E-state index is 0.0749. The zero-order valence-corrected chi connectivity index (χ0v) is 13.7. The number of hydroxylamine groups is 1. The zero-order valence-electron chi connectivity index (χ0n) is 12.7. The number of hydrogen-bond acceptors (Lipinski definition) is 2. The largest absolute Gasteiger partial charge is 0.624 e. The summed E-state index contributed by atoms with van der Waals surface area (Å²) in [5.41, 5.74) is 0. The lowest BCUT2D eigenvalue weighted by atomic mass is 10.1. The molecule has 1 unspecified atom stereocenters. The molecule has 0 fully saturated rings. The van der Waals surface area contributed by atoms with Crippen LogP contribution in [-0.4, -0.2) is 31.9 Å². The van der Waals surface area contributed by atoms with Crippen LogP contribution in [0.4, 0.5) is 0 Å². The average Bonchev–Trinajstić information content (AvgIpc) is 2.15. The molecule has 102 valence electrons. The van der Waals surface area contributed by atoms with Gasteiger partial charge < -0.3 is 9.63 Å². The Kier molecular flexibility index (Phi) is 5.88. The Morgan fingerprint density at radius 1 is 1.29 bits per heavy atom. The van der Waals surface area contributed by atoms with Crippen molar-refractivity contribution >= 4 is 14.5 Å². The molecule has 0 spiro atoms. The summed E-state index contributed by atoms with van der Waals surface area (Å²) >= 11 is 0. The number of hydrogen-bond donors (Lipinski definition) is 0. The maximum Gasteiger partial charge on any atom is 0.192 e. The molecule has 0 rings (SSSR count). The van der Waals surface area contributed by atoms with Crippen molar-refractivity contribution in [2.24, 2.45) is 5.92 Å². The monoisotopic (exact) mass is 259 g/mol. The van der Waals surface area contributed by atoms with Crippen LogP contribution in [0.5, 0.6) is 0 Å². The molecule has 0 aliphatic heterocycles. The highest BCUT2D eigenvalue weighted by Gasteiger charge is 2.38. The van der Waals surface area contributed by atoms with Gasteiger partial charge in [0.1, 0.15) is 6.21 Å². The lowest BCUT2D eigenvalue weighted by Crippen LogP contribution is -2.45. The third-order valence-corrected chi connectivity index (χ3v) is 8.27. The van der Waals surface area contributed by atoms with Gasteiger partial charge in [0.05, 0.1) is 6.61 Å². The van der Waals surface area contributed by atoms with E-state index in [-0.39, 0.29) is 11.1 Å². The third kappa shape index (κ3) is 4.80. The van der Waals surface area contributed by atoms with Crippen molar-refractivity contribution in [1.29, 1.82) is 0 Å². The van der Waals surface area contributed by atoms with Gasteiger partial charge in [-0.2, -0.15) is 0 Å². The lowest BCUT2D eigenvalue weighted by Gasteiger charge is -2.37. The van der Waals surface area contributed by atoms with Crippen LogP contribution in [0.3, 0.4) is 0 Å². The van der Waals surface area contributed by atoms with Crippen molar-refractivity contribution in [3.8, 4) is 0 Å². The predicted octanol–water partition coefficient (Wildman–Crippen LogP) is 3.63. The Labute approximate surface area is 108 Å². The second kappa shape index (κ2) is 6.00. The SMILES string of the molecule is C/C=[N+](\[O-])C(CO[Si](C)(C)C(C)(C)C)C(C)C. The van der Waals surface area contributed by atoms with Gasteiger partial charge in [-0.3, -0.25) is 0 Å². The minimum Gasteiger partial charge on any atom is -0.624 e. The molecule has 0 radical (unpaired) electrons. The molecular formula is C13H29NO2Si. The van der Waals surface area contributed by atoms with Crippen molar-refractivity contribution in [3.05, 3.63) is 5.21 Å². The summed E-state index contributed by atoms with van der Waals surface area (Å²) in [6, 6.07) is -0.0749. The van der Waals surface area contributed by atoms with Gasteiger partial charge in [-0.15, -0.1) is 0 Å². The normalized spacial score (nSPS) is 16.4. The summed E-state index contributed by atoms with van der Waals surface area (Å²) < 4.78 is 7.14. The molecule has 3 nitrogen and oxygen atoms in total. The highest BCUT2D eigenvalue weighted by molar-refractivity contribution is 6.74. The number of nitrogens with zero attached hydrogens (tertiary/aromatic N) is 1. The Morgan fingerprint density at radius 3 is 2.06 bits per heavy atom. The first kappa shape index (κ1) is 16.6. The van der Waals surface area contributed by atoms with Crippen LogP contribution in [0.2, 0.25) is 18.1 Å². The van der Waals surface area contributed by atoms with Crippen LogP contribution in [0.1, 0.15) is 41.5 Å². The van der Waals surface area contributed by atoms with Gasteiger partial charge in [-0.1, -0.05) is 34.6 Å². The maximum atomic E-state index is 11.7. The van der Waals surface area contributed by atoms with Crippen molar-refractivity contribution in [1.82, 2.24) is 0 Å². The van der Waals surface area contributed by atoms with Gasteiger partial charge in [0.25, 0.3) is 0 Å². The van der Waals surface area contributed by atoms with E-state index in [0.29, 0.717) is 12.5 Å². The molecule has 0 saturated heterocycles. The van der Waals surface area contributed by atoms with E-state index >= 15 is 0 Å². The molecule has 0 N–H and O–H groups in total. The van der Waals surface area contributed by atoms with Crippen molar-refractivity contribution in [2.45, 2.75) is 65.7 Å². The molecule has 0 aliphatic rings. The first-order valence-electron chi connectivity index (χ1n) is 6.42. The molecule has 0 aromatic rings. The van der Waals surface area contributed by atoms with Gasteiger partial charge >= 0.3 is 0 Å². The second-order valence-corrected chi connectivity index (χ2v) is 11.3. The van der Waals surface area contributed by atoms with E-state index in [1.165, 1.54) is 0 Å².